The second-order valence-corrected chi connectivity index (χ2v) is 8.07. The Bertz CT molecular complexity index is 558. The first-order valence-electron chi connectivity index (χ1n) is 10.6. The molecular weight excluding hydrogens is 338 g/mol. The molecule has 1 aromatic rings. The lowest BCUT2D eigenvalue weighted by molar-refractivity contribution is -0.133. The van der Waals surface area contributed by atoms with E-state index in [1.807, 2.05) is 0 Å². The number of aliphatic hydroxyl groups excluding tert-OH is 1. The van der Waals surface area contributed by atoms with Crippen LogP contribution in [0, 0.1) is 5.92 Å². The number of hydrogen-bond acceptors (Lipinski definition) is 4. The normalized spacial score (nSPS) is 22.1. The lowest BCUT2D eigenvalue weighted by Crippen LogP contribution is -2.48. The van der Waals surface area contributed by atoms with E-state index in [9.17, 15) is 4.79 Å². The van der Waals surface area contributed by atoms with Gasteiger partial charge in [-0.15, -0.1) is 0 Å². The Balaban J connectivity index is 1.34. The molecule has 0 bridgehead atoms. The highest BCUT2D eigenvalue weighted by atomic mass is 16.3. The summed E-state index contributed by atoms with van der Waals surface area (Å²) < 4.78 is 0. The lowest BCUT2D eigenvalue weighted by Gasteiger charge is -2.36. The van der Waals surface area contributed by atoms with E-state index >= 15 is 0 Å². The van der Waals surface area contributed by atoms with Gasteiger partial charge in [-0.1, -0.05) is 30.3 Å². The maximum absolute atomic E-state index is 12.6. The third-order valence-corrected chi connectivity index (χ3v) is 5.98. The maximum atomic E-state index is 12.6. The predicted molar refractivity (Wildman–Crippen MR) is 108 cm³/mol. The molecule has 2 fully saturated rings. The fourth-order valence-electron chi connectivity index (χ4n) is 4.37. The van der Waals surface area contributed by atoms with Crippen LogP contribution < -0.4 is 0 Å². The van der Waals surface area contributed by atoms with Gasteiger partial charge in [-0.05, 0) is 43.7 Å². The average molecular weight is 374 g/mol. The molecule has 0 aliphatic carbocycles. The van der Waals surface area contributed by atoms with Crippen molar-refractivity contribution in [2.24, 2.45) is 5.92 Å². The van der Waals surface area contributed by atoms with Crippen LogP contribution in [0.15, 0.2) is 30.3 Å². The number of piperidine rings is 1. The number of hydrogen-bond donors (Lipinski definition) is 1. The van der Waals surface area contributed by atoms with Gasteiger partial charge in [-0.3, -0.25) is 9.69 Å². The maximum Gasteiger partial charge on any atom is 0.222 e. The molecule has 1 N–H and O–H groups in total. The summed E-state index contributed by atoms with van der Waals surface area (Å²) in [6.45, 7) is 8.15. The summed E-state index contributed by atoms with van der Waals surface area (Å²) in [4.78, 5) is 19.6. The van der Waals surface area contributed by atoms with E-state index < -0.39 is 0 Å². The fourth-order valence-corrected chi connectivity index (χ4v) is 4.37. The van der Waals surface area contributed by atoms with Crippen molar-refractivity contribution in [1.29, 1.82) is 0 Å². The molecule has 0 saturated carbocycles. The average Bonchev–Trinajstić information content (AvgIpc) is 2.72. The minimum Gasteiger partial charge on any atom is -0.396 e. The Labute approximate surface area is 163 Å². The van der Waals surface area contributed by atoms with E-state index in [1.54, 1.807) is 0 Å². The smallest absolute Gasteiger partial charge is 0.222 e. The minimum atomic E-state index is 0.274. The van der Waals surface area contributed by atoms with Crippen molar-refractivity contribution in [2.45, 2.75) is 38.6 Å². The zero-order chi connectivity index (χ0) is 18.9. The molecule has 2 heterocycles. The van der Waals surface area contributed by atoms with Gasteiger partial charge in [0.05, 0.1) is 0 Å². The van der Waals surface area contributed by atoms with Crippen LogP contribution in [0.4, 0.5) is 0 Å². The third-order valence-electron chi connectivity index (χ3n) is 5.98. The van der Waals surface area contributed by atoms with Gasteiger partial charge in [-0.2, -0.15) is 0 Å². The molecule has 0 radical (unpaired) electrons. The molecule has 150 valence electrons. The van der Waals surface area contributed by atoms with E-state index in [2.05, 4.69) is 45.0 Å². The van der Waals surface area contributed by atoms with E-state index in [4.69, 9.17) is 5.11 Å². The second-order valence-electron chi connectivity index (χ2n) is 8.07. The Morgan fingerprint density at radius 3 is 2.56 bits per heavy atom. The summed E-state index contributed by atoms with van der Waals surface area (Å²) >= 11 is 0. The molecular formula is C22H35N3O2. The van der Waals surface area contributed by atoms with Gasteiger partial charge in [0, 0.05) is 58.8 Å². The van der Waals surface area contributed by atoms with Crippen molar-refractivity contribution >= 4 is 5.91 Å². The van der Waals surface area contributed by atoms with E-state index in [1.165, 1.54) is 18.4 Å². The Morgan fingerprint density at radius 2 is 1.81 bits per heavy atom. The summed E-state index contributed by atoms with van der Waals surface area (Å²) in [5.74, 6) is 0.975. The molecule has 2 aliphatic rings. The predicted octanol–water partition coefficient (Wildman–Crippen LogP) is 2.21. The summed E-state index contributed by atoms with van der Waals surface area (Å²) in [6.07, 6.45) is 5.03. The zero-order valence-electron chi connectivity index (χ0n) is 16.6. The van der Waals surface area contributed by atoms with Gasteiger partial charge in [-0.25, -0.2) is 0 Å². The first-order valence-corrected chi connectivity index (χ1v) is 10.6. The Kier molecular flexibility index (Phi) is 8.11. The highest BCUT2D eigenvalue weighted by Crippen LogP contribution is 2.22. The number of nitrogens with zero attached hydrogens (tertiary/aromatic N) is 3. The van der Waals surface area contributed by atoms with Crippen molar-refractivity contribution in [2.75, 3.05) is 52.4 Å². The number of amides is 1. The number of piperazine rings is 1. The van der Waals surface area contributed by atoms with Gasteiger partial charge in [0.2, 0.25) is 5.91 Å². The van der Waals surface area contributed by atoms with Crippen molar-refractivity contribution in [1.82, 2.24) is 14.7 Å². The summed E-state index contributed by atoms with van der Waals surface area (Å²) in [6, 6.07) is 10.6. The number of benzene rings is 1. The summed E-state index contributed by atoms with van der Waals surface area (Å²) in [5.41, 5.74) is 1.35. The Hall–Kier alpha value is -1.43. The highest BCUT2D eigenvalue weighted by molar-refractivity contribution is 5.76. The molecule has 0 spiro atoms. The molecule has 1 atom stereocenters. The molecule has 0 unspecified atom stereocenters. The molecule has 0 aromatic heterocycles. The molecule has 5 heteroatoms. The number of likely N-dealkylation sites (tertiary alicyclic amines) is 1. The topological polar surface area (TPSA) is 47.0 Å². The van der Waals surface area contributed by atoms with Crippen LogP contribution in [0.25, 0.3) is 0 Å². The molecule has 27 heavy (non-hydrogen) atoms. The quantitative estimate of drug-likeness (QED) is 0.759. The first kappa shape index (κ1) is 20.3. The Morgan fingerprint density at radius 1 is 1.04 bits per heavy atom. The van der Waals surface area contributed by atoms with Crippen molar-refractivity contribution < 1.29 is 9.90 Å². The van der Waals surface area contributed by atoms with Crippen molar-refractivity contribution in [3.8, 4) is 0 Å². The van der Waals surface area contributed by atoms with Crippen LogP contribution in [0.2, 0.25) is 0 Å². The van der Waals surface area contributed by atoms with Crippen LogP contribution in [0.1, 0.15) is 37.7 Å². The van der Waals surface area contributed by atoms with Gasteiger partial charge in [0.1, 0.15) is 0 Å². The molecule has 2 saturated heterocycles. The molecule has 5 nitrogen and oxygen atoms in total. The first-order chi connectivity index (χ1) is 13.2. The summed E-state index contributed by atoms with van der Waals surface area (Å²) in [5, 5.41) is 9.00. The monoisotopic (exact) mass is 373 g/mol. The SMILES string of the molecule is O=C(CC[C@H]1CCCN(CCCO)C1)N1CCN(Cc2ccccc2)CC1. The minimum absolute atomic E-state index is 0.274. The number of carbonyl (C=O) groups is 1. The zero-order valence-corrected chi connectivity index (χ0v) is 16.6. The van der Waals surface area contributed by atoms with Gasteiger partial charge in [0.15, 0.2) is 0 Å². The van der Waals surface area contributed by atoms with Crippen LogP contribution in [0.5, 0.6) is 0 Å². The van der Waals surface area contributed by atoms with Gasteiger partial charge >= 0.3 is 0 Å². The van der Waals surface area contributed by atoms with E-state index in [0.717, 1.165) is 65.2 Å². The largest absolute Gasteiger partial charge is 0.396 e. The van der Waals surface area contributed by atoms with Gasteiger partial charge < -0.3 is 14.9 Å². The van der Waals surface area contributed by atoms with Crippen LogP contribution in [-0.4, -0.2) is 78.1 Å². The third kappa shape index (κ3) is 6.59. The lowest BCUT2D eigenvalue weighted by atomic mass is 9.93. The number of aliphatic hydroxyl groups is 1. The van der Waals surface area contributed by atoms with Crippen LogP contribution in [-0.2, 0) is 11.3 Å². The molecule has 3 rings (SSSR count). The van der Waals surface area contributed by atoms with Crippen LogP contribution >= 0.6 is 0 Å². The fraction of sp³-hybridized carbons (Fsp3) is 0.682. The second kappa shape index (κ2) is 10.8. The van der Waals surface area contributed by atoms with Crippen LogP contribution in [0.3, 0.4) is 0 Å². The van der Waals surface area contributed by atoms with E-state index in [0.29, 0.717) is 18.2 Å². The molecule has 1 amide bonds. The number of carbonyl (C=O) groups excluding carboxylic acids is 1. The number of rotatable bonds is 8. The van der Waals surface area contributed by atoms with Crippen molar-refractivity contribution in [3.63, 3.8) is 0 Å². The summed E-state index contributed by atoms with van der Waals surface area (Å²) in [7, 11) is 0. The standard InChI is InChI=1S/C22H35N3O2/c26-17-5-12-23-11-4-8-21(19-23)9-10-22(27)25-15-13-24(14-16-25)18-20-6-2-1-3-7-20/h1-3,6-7,21,26H,4-5,8-19H2/t21-/m1/s1. The van der Waals surface area contributed by atoms with Gasteiger partial charge in [0.25, 0.3) is 0 Å². The van der Waals surface area contributed by atoms with E-state index in [-0.39, 0.29) is 6.61 Å². The molecule has 1 aromatic carbocycles. The molecule has 2 aliphatic heterocycles. The van der Waals surface area contributed by atoms with Crippen molar-refractivity contribution in [3.05, 3.63) is 35.9 Å². The highest BCUT2D eigenvalue weighted by Gasteiger charge is 2.24.